The summed E-state index contributed by atoms with van der Waals surface area (Å²) in [6.07, 6.45) is -1.12. The number of alkyl halides is 3. The fraction of sp³-hybridized carbons (Fsp3) is 0.556. The van der Waals surface area contributed by atoms with Crippen LogP contribution in [0, 0.1) is 0 Å². The van der Waals surface area contributed by atoms with E-state index in [2.05, 4.69) is 10.1 Å². The molecular formula is C18H21F3N2O4. The van der Waals surface area contributed by atoms with Crippen molar-refractivity contribution in [2.75, 3.05) is 6.54 Å². The van der Waals surface area contributed by atoms with Gasteiger partial charge >= 0.3 is 12.4 Å². The van der Waals surface area contributed by atoms with Gasteiger partial charge in [0, 0.05) is 0 Å². The lowest BCUT2D eigenvalue weighted by Crippen LogP contribution is -2.46. The monoisotopic (exact) mass is 386 g/mol. The number of urea groups is 1. The molecule has 1 aliphatic heterocycles. The van der Waals surface area contributed by atoms with Gasteiger partial charge in [-0.2, -0.15) is 0 Å². The predicted molar refractivity (Wildman–Crippen MR) is 88.8 cm³/mol. The summed E-state index contributed by atoms with van der Waals surface area (Å²) in [6.45, 7) is -0.258. The number of amides is 3. The number of carbonyl (C=O) groups excluding carboxylic acids is 2. The van der Waals surface area contributed by atoms with E-state index in [1.165, 1.54) is 12.1 Å². The molecule has 1 aromatic carbocycles. The number of benzene rings is 1. The van der Waals surface area contributed by atoms with Crippen molar-refractivity contribution in [1.29, 1.82) is 0 Å². The first-order valence-electron chi connectivity index (χ1n) is 8.88. The van der Waals surface area contributed by atoms with Crippen LogP contribution in [0.3, 0.4) is 0 Å². The first kappa shape index (κ1) is 19.5. The SMILES string of the molecule is O=C1NC2(CCCCCC2)C(=O)N1C[C@H](O)c1ccc(OC(F)(F)F)cc1. The highest BCUT2D eigenvalue weighted by Crippen LogP contribution is 2.33. The van der Waals surface area contributed by atoms with Crippen LogP contribution in [0.5, 0.6) is 5.75 Å². The minimum Gasteiger partial charge on any atom is -0.406 e. The van der Waals surface area contributed by atoms with E-state index in [-0.39, 0.29) is 18.0 Å². The minimum atomic E-state index is -4.80. The van der Waals surface area contributed by atoms with Crippen molar-refractivity contribution in [2.24, 2.45) is 0 Å². The molecule has 1 heterocycles. The van der Waals surface area contributed by atoms with Crippen LogP contribution in [0.4, 0.5) is 18.0 Å². The standard InChI is InChI=1S/C18H21F3N2O4/c19-18(20,21)27-13-7-5-12(6-8-13)14(24)11-23-15(25)17(22-16(23)26)9-3-1-2-4-10-17/h5-8,14,24H,1-4,9-11H2,(H,22,26)/t14-/m0/s1. The average molecular weight is 386 g/mol. The van der Waals surface area contributed by atoms with Gasteiger partial charge in [0.25, 0.3) is 5.91 Å². The Bertz CT molecular complexity index is 698. The Morgan fingerprint density at radius 2 is 1.70 bits per heavy atom. The van der Waals surface area contributed by atoms with E-state index in [0.29, 0.717) is 12.8 Å². The fourth-order valence-electron chi connectivity index (χ4n) is 3.68. The fourth-order valence-corrected chi connectivity index (χ4v) is 3.68. The number of rotatable bonds is 4. The van der Waals surface area contributed by atoms with Gasteiger partial charge in [-0.25, -0.2) is 4.79 Å². The average Bonchev–Trinajstić information content (AvgIpc) is 2.76. The summed E-state index contributed by atoms with van der Waals surface area (Å²) in [5.41, 5.74) is -0.607. The molecule has 0 aromatic heterocycles. The molecule has 0 radical (unpaired) electrons. The zero-order chi connectivity index (χ0) is 19.7. The number of nitrogens with one attached hydrogen (secondary N) is 1. The quantitative estimate of drug-likeness (QED) is 0.779. The summed E-state index contributed by atoms with van der Waals surface area (Å²) in [6, 6.07) is 4.14. The summed E-state index contributed by atoms with van der Waals surface area (Å²) in [5, 5.41) is 13.1. The lowest BCUT2D eigenvalue weighted by atomic mass is 9.90. The molecule has 1 saturated heterocycles. The highest BCUT2D eigenvalue weighted by Gasteiger charge is 2.50. The molecule has 1 spiro atoms. The van der Waals surface area contributed by atoms with Crippen molar-refractivity contribution < 1.29 is 32.6 Å². The van der Waals surface area contributed by atoms with E-state index in [9.17, 15) is 27.9 Å². The van der Waals surface area contributed by atoms with Crippen LogP contribution in [0.25, 0.3) is 0 Å². The number of ether oxygens (including phenoxy) is 1. The van der Waals surface area contributed by atoms with Gasteiger partial charge in [0.1, 0.15) is 11.3 Å². The van der Waals surface area contributed by atoms with Crippen molar-refractivity contribution in [2.45, 2.75) is 56.5 Å². The highest BCUT2D eigenvalue weighted by molar-refractivity contribution is 6.07. The molecule has 1 aliphatic carbocycles. The molecule has 1 aromatic rings. The van der Waals surface area contributed by atoms with Crippen molar-refractivity contribution in [3.05, 3.63) is 29.8 Å². The first-order chi connectivity index (χ1) is 12.7. The molecule has 27 heavy (non-hydrogen) atoms. The third-order valence-corrected chi connectivity index (χ3v) is 5.06. The minimum absolute atomic E-state index is 0.258. The molecule has 1 atom stereocenters. The van der Waals surface area contributed by atoms with Gasteiger partial charge < -0.3 is 15.2 Å². The largest absolute Gasteiger partial charge is 0.573 e. The number of carbonyl (C=O) groups is 2. The number of aliphatic hydroxyl groups is 1. The van der Waals surface area contributed by atoms with Crippen LogP contribution < -0.4 is 10.1 Å². The molecule has 9 heteroatoms. The molecule has 0 unspecified atom stereocenters. The first-order valence-corrected chi connectivity index (χ1v) is 8.88. The normalized spacial score (nSPS) is 21.1. The van der Waals surface area contributed by atoms with Gasteiger partial charge in [-0.05, 0) is 30.5 Å². The van der Waals surface area contributed by atoms with Crippen LogP contribution in [0.15, 0.2) is 24.3 Å². The molecule has 148 valence electrons. The van der Waals surface area contributed by atoms with E-state index in [4.69, 9.17) is 0 Å². The third-order valence-electron chi connectivity index (χ3n) is 5.06. The van der Waals surface area contributed by atoms with Crippen LogP contribution >= 0.6 is 0 Å². The number of hydrogen-bond acceptors (Lipinski definition) is 4. The predicted octanol–water partition coefficient (Wildman–Crippen LogP) is 3.26. The summed E-state index contributed by atoms with van der Waals surface area (Å²) in [4.78, 5) is 26.1. The Labute approximate surface area is 154 Å². The Hall–Kier alpha value is -2.29. The summed E-state index contributed by atoms with van der Waals surface area (Å²) in [5.74, 6) is -0.753. The Morgan fingerprint density at radius 1 is 1.11 bits per heavy atom. The number of halogens is 3. The van der Waals surface area contributed by atoms with Crippen LogP contribution in [0.2, 0.25) is 0 Å². The molecule has 2 fully saturated rings. The number of β-amino-alcohol motifs (C(OH)–C–C–N with tert-alkyl or cyclic N) is 1. The van der Waals surface area contributed by atoms with Gasteiger partial charge in [-0.15, -0.1) is 13.2 Å². The van der Waals surface area contributed by atoms with Gasteiger partial charge in [-0.1, -0.05) is 37.8 Å². The molecule has 2 N–H and O–H groups in total. The maximum Gasteiger partial charge on any atom is 0.573 e. The van der Waals surface area contributed by atoms with Crippen LogP contribution in [-0.2, 0) is 4.79 Å². The molecule has 6 nitrogen and oxygen atoms in total. The molecule has 0 bridgehead atoms. The molecule has 2 aliphatic rings. The maximum absolute atomic E-state index is 12.8. The topological polar surface area (TPSA) is 78.9 Å². The van der Waals surface area contributed by atoms with Gasteiger partial charge in [-0.3, -0.25) is 9.69 Å². The molecule has 1 saturated carbocycles. The molecule has 3 amide bonds. The second kappa shape index (κ2) is 7.38. The zero-order valence-corrected chi connectivity index (χ0v) is 14.6. The molecule has 3 rings (SSSR count). The van der Waals surface area contributed by atoms with Gasteiger partial charge in [0.2, 0.25) is 0 Å². The van der Waals surface area contributed by atoms with E-state index in [0.717, 1.165) is 42.7 Å². The van der Waals surface area contributed by atoms with E-state index < -0.39 is 29.8 Å². The second-order valence-electron chi connectivity index (χ2n) is 6.97. The van der Waals surface area contributed by atoms with Crippen molar-refractivity contribution in [3.63, 3.8) is 0 Å². The van der Waals surface area contributed by atoms with Crippen molar-refractivity contribution >= 4 is 11.9 Å². The lowest BCUT2D eigenvalue weighted by Gasteiger charge is -2.25. The highest BCUT2D eigenvalue weighted by atomic mass is 19.4. The van der Waals surface area contributed by atoms with Gasteiger partial charge in [0.05, 0.1) is 12.6 Å². The Morgan fingerprint density at radius 3 is 2.26 bits per heavy atom. The van der Waals surface area contributed by atoms with Crippen molar-refractivity contribution in [3.8, 4) is 5.75 Å². The number of imide groups is 1. The van der Waals surface area contributed by atoms with Crippen molar-refractivity contribution in [1.82, 2.24) is 10.2 Å². The lowest BCUT2D eigenvalue weighted by molar-refractivity contribution is -0.274. The van der Waals surface area contributed by atoms with Crippen LogP contribution in [0.1, 0.15) is 50.2 Å². The summed E-state index contributed by atoms with van der Waals surface area (Å²) < 4.78 is 40.4. The number of hydrogen-bond donors (Lipinski definition) is 2. The van der Waals surface area contributed by atoms with E-state index in [1.54, 1.807) is 0 Å². The smallest absolute Gasteiger partial charge is 0.406 e. The Balaban J connectivity index is 1.67. The maximum atomic E-state index is 12.8. The summed E-state index contributed by atoms with van der Waals surface area (Å²) in [7, 11) is 0. The third kappa shape index (κ3) is 4.35. The van der Waals surface area contributed by atoms with Gasteiger partial charge in [0.15, 0.2) is 0 Å². The second-order valence-corrected chi connectivity index (χ2v) is 6.97. The molecular weight excluding hydrogens is 365 g/mol. The summed E-state index contributed by atoms with van der Waals surface area (Å²) >= 11 is 0. The van der Waals surface area contributed by atoms with E-state index >= 15 is 0 Å². The Kier molecular flexibility index (Phi) is 5.32. The number of aliphatic hydroxyl groups excluding tert-OH is 1. The van der Waals surface area contributed by atoms with Crippen LogP contribution in [-0.4, -0.2) is 40.4 Å². The zero-order valence-electron chi connectivity index (χ0n) is 14.6. The number of nitrogens with zero attached hydrogens (tertiary/aromatic N) is 1. The van der Waals surface area contributed by atoms with E-state index in [1.807, 2.05) is 0 Å².